The van der Waals surface area contributed by atoms with Crippen LogP contribution in [0.25, 0.3) is 0 Å². The van der Waals surface area contributed by atoms with Crippen LogP contribution in [0.1, 0.15) is 19.8 Å². The van der Waals surface area contributed by atoms with Crippen molar-refractivity contribution in [3.05, 3.63) is 0 Å². The van der Waals surface area contributed by atoms with Gasteiger partial charge in [-0.25, -0.2) is 0 Å². The molecule has 82 valence electrons. The minimum atomic E-state index is -1.14. The number of esters is 1. The third-order valence-electron chi connectivity index (χ3n) is 1.71. The Balaban J connectivity index is 4.01. The van der Waals surface area contributed by atoms with Crippen LogP contribution < -0.4 is 0 Å². The monoisotopic (exact) mass is 204 g/mol. The van der Waals surface area contributed by atoms with Crippen molar-refractivity contribution in [3.63, 3.8) is 0 Å². The molecule has 0 spiro atoms. The maximum atomic E-state index is 11.1. The minimum Gasteiger partial charge on any atom is -0.481 e. The van der Waals surface area contributed by atoms with E-state index < -0.39 is 17.9 Å². The third-order valence-corrected chi connectivity index (χ3v) is 1.71. The molecule has 0 aromatic carbocycles. The summed E-state index contributed by atoms with van der Waals surface area (Å²) in [6.45, 7) is 2.29. The van der Waals surface area contributed by atoms with Gasteiger partial charge >= 0.3 is 11.9 Å². The van der Waals surface area contributed by atoms with Crippen molar-refractivity contribution in [1.29, 1.82) is 0 Å². The average molecular weight is 204 g/mol. The standard InChI is InChI=1S/C9H16O5/c1-3-14-9(12)7(8(10)11)5-4-6-13-2/h7H,3-6H2,1-2H3,(H,10,11). The molecule has 0 saturated carbocycles. The largest absolute Gasteiger partial charge is 0.481 e. The number of methoxy groups -OCH3 is 1. The van der Waals surface area contributed by atoms with E-state index in [2.05, 4.69) is 4.74 Å². The number of carboxylic acids is 1. The van der Waals surface area contributed by atoms with E-state index in [9.17, 15) is 9.59 Å². The molecule has 0 radical (unpaired) electrons. The van der Waals surface area contributed by atoms with Gasteiger partial charge < -0.3 is 14.6 Å². The first-order valence-electron chi connectivity index (χ1n) is 4.51. The maximum absolute atomic E-state index is 11.1. The van der Waals surface area contributed by atoms with Gasteiger partial charge in [-0.3, -0.25) is 9.59 Å². The van der Waals surface area contributed by atoms with Crippen LogP contribution in [0, 0.1) is 5.92 Å². The van der Waals surface area contributed by atoms with Crippen molar-refractivity contribution in [2.45, 2.75) is 19.8 Å². The van der Waals surface area contributed by atoms with E-state index in [1.165, 1.54) is 7.11 Å². The second kappa shape index (κ2) is 7.32. The summed E-state index contributed by atoms with van der Waals surface area (Å²) in [4.78, 5) is 21.8. The zero-order chi connectivity index (χ0) is 11.0. The van der Waals surface area contributed by atoms with Crippen LogP contribution in [0.4, 0.5) is 0 Å². The molecule has 0 aliphatic carbocycles. The number of ether oxygens (including phenoxy) is 2. The van der Waals surface area contributed by atoms with E-state index in [0.29, 0.717) is 13.0 Å². The smallest absolute Gasteiger partial charge is 0.320 e. The second-order valence-electron chi connectivity index (χ2n) is 2.78. The van der Waals surface area contributed by atoms with Gasteiger partial charge in [0.25, 0.3) is 0 Å². The first-order chi connectivity index (χ1) is 6.63. The van der Waals surface area contributed by atoms with Gasteiger partial charge in [0.15, 0.2) is 5.92 Å². The van der Waals surface area contributed by atoms with Crippen molar-refractivity contribution < 1.29 is 24.2 Å². The average Bonchev–Trinajstić information content (AvgIpc) is 2.12. The lowest BCUT2D eigenvalue weighted by Crippen LogP contribution is -2.26. The molecule has 0 saturated heterocycles. The van der Waals surface area contributed by atoms with Gasteiger partial charge in [0.05, 0.1) is 6.61 Å². The Labute approximate surface area is 83.0 Å². The molecule has 1 atom stereocenters. The van der Waals surface area contributed by atoms with Crippen LogP contribution in [0.2, 0.25) is 0 Å². The van der Waals surface area contributed by atoms with E-state index in [0.717, 1.165) is 0 Å². The van der Waals surface area contributed by atoms with E-state index >= 15 is 0 Å². The number of carbonyl (C=O) groups is 2. The summed E-state index contributed by atoms with van der Waals surface area (Å²) in [5.74, 6) is -2.87. The Kier molecular flexibility index (Phi) is 6.74. The molecule has 0 bridgehead atoms. The fourth-order valence-electron chi connectivity index (χ4n) is 1.02. The van der Waals surface area contributed by atoms with Crippen LogP contribution in [-0.4, -0.2) is 37.4 Å². The highest BCUT2D eigenvalue weighted by Gasteiger charge is 2.26. The highest BCUT2D eigenvalue weighted by Crippen LogP contribution is 2.09. The van der Waals surface area contributed by atoms with Gasteiger partial charge in [-0.15, -0.1) is 0 Å². The fourth-order valence-corrected chi connectivity index (χ4v) is 1.02. The topological polar surface area (TPSA) is 72.8 Å². The van der Waals surface area contributed by atoms with Crippen LogP contribution in [0.3, 0.4) is 0 Å². The van der Waals surface area contributed by atoms with Crippen LogP contribution in [0.5, 0.6) is 0 Å². The summed E-state index contributed by atoms with van der Waals surface area (Å²) in [5, 5.41) is 8.73. The SMILES string of the molecule is CCOC(=O)C(CCCOC)C(=O)O. The van der Waals surface area contributed by atoms with E-state index in [4.69, 9.17) is 9.84 Å². The maximum Gasteiger partial charge on any atom is 0.320 e. The molecule has 0 fully saturated rings. The quantitative estimate of drug-likeness (QED) is 0.375. The molecule has 0 aliphatic rings. The molecule has 0 amide bonds. The summed E-state index contributed by atoms with van der Waals surface area (Å²) in [5.41, 5.74) is 0. The first kappa shape index (κ1) is 12.9. The first-order valence-corrected chi connectivity index (χ1v) is 4.51. The Hall–Kier alpha value is -1.10. The third kappa shape index (κ3) is 4.81. The van der Waals surface area contributed by atoms with Crippen molar-refractivity contribution in [2.75, 3.05) is 20.3 Å². The normalized spacial score (nSPS) is 12.1. The number of carboxylic acid groups (broad SMARTS) is 1. The highest BCUT2D eigenvalue weighted by atomic mass is 16.5. The summed E-state index contributed by atoms with van der Waals surface area (Å²) in [6, 6.07) is 0. The predicted molar refractivity (Wildman–Crippen MR) is 48.9 cm³/mol. The van der Waals surface area contributed by atoms with Crippen molar-refractivity contribution in [3.8, 4) is 0 Å². The summed E-state index contributed by atoms with van der Waals surface area (Å²) < 4.78 is 9.40. The van der Waals surface area contributed by atoms with E-state index in [-0.39, 0.29) is 13.0 Å². The van der Waals surface area contributed by atoms with Gasteiger partial charge in [-0.1, -0.05) is 0 Å². The molecule has 5 nitrogen and oxygen atoms in total. The van der Waals surface area contributed by atoms with Gasteiger partial charge in [0.1, 0.15) is 0 Å². The van der Waals surface area contributed by atoms with Crippen molar-refractivity contribution in [2.24, 2.45) is 5.92 Å². The summed E-state index contributed by atoms with van der Waals surface area (Å²) >= 11 is 0. The summed E-state index contributed by atoms with van der Waals surface area (Å²) in [7, 11) is 1.53. The molecule has 14 heavy (non-hydrogen) atoms. The van der Waals surface area contributed by atoms with Gasteiger partial charge in [0, 0.05) is 13.7 Å². The number of aliphatic carboxylic acids is 1. The van der Waals surface area contributed by atoms with Crippen molar-refractivity contribution >= 4 is 11.9 Å². The molecule has 0 heterocycles. The Morgan fingerprint density at radius 3 is 2.50 bits per heavy atom. The number of hydrogen-bond donors (Lipinski definition) is 1. The van der Waals surface area contributed by atoms with Crippen molar-refractivity contribution in [1.82, 2.24) is 0 Å². The number of hydrogen-bond acceptors (Lipinski definition) is 4. The molecule has 0 aromatic heterocycles. The Bertz CT molecular complexity index is 190. The van der Waals surface area contributed by atoms with Gasteiger partial charge in [0.2, 0.25) is 0 Å². The lowest BCUT2D eigenvalue weighted by Gasteiger charge is -2.10. The molecule has 0 aromatic rings. The molecule has 1 unspecified atom stereocenters. The molecule has 1 N–H and O–H groups in total. The summed E-state index contributed by atoms with van der Waals surface area (Å²) in [6.07, 6.45) is 0.786. The highest BCUT2D eigenvalue weighted by molar-refractivity contribution is 5.93. The van der Waals surface area contributed by atoms with E-state index in [1.54, 1.807) is 6.92 Å². The molecule has 0 rings (SSSR count). The zero-order valence-electron chi connectivity index (χ0n) is 8.49. The predicted octanol–water partition coefficient (Wildman–Crippen LogP) is 0.677. The Morgan fingerprint density at radius 1 is 1.43 bits per heavy atom. The number of rotatable bonds is 7. The lowest BCUT2D eigenvalue weighted by atomic mass is 10.0. The lowest BCUT2D eigenvalue weighted by molar-refractivity contribution is -0.158. The van der Waals surface area contributed by atoms with Crippen LogP contribution in [-0.2, 0) is 19.1 Å². The minimum absolute atomic E-state index is 0.201. The van der Waals surface area contributed by atoms with E-state index in [1.807, 2.05) is 0 Å². The zero-order valence-corrected chi connectivity index (χ0v) is 8.49. The number of carbonyl (C=O) groups excluding carboxylic acids is 1. The van der Waals surface area contributed by atoms with Gasteiger partial charge in [-0.05, 0) is 19.8 Å². The van der Waals surface area contributed by atoms with Gasteiger partial charge in [-0.2, -0.15) is 0 Å². The molecular formula is C9H16O5. The van der Waals surface area contributed by atoms with Crippen LogP contribution >= 0.6 is 0 Å². The molecule has 0 aliphatic heterocycles. The fraction of sp³-hybridized carbons (Fsp3) is 0.778. The van der Waals surface area contributed by atoms with Crippen LogP contribution in [0.15, 0.2) is 0 Å². The molecule has 5 heteroatoms. The molecular weight excluding hydrogens is 188 g/mol. The second-order valence-corrected chi connectivity index (χ2v) is 2.78. The Morgan fingerprint density at radius 2 is 2.07 bits per heavy atom.